The van der Waals surface area contributed by atoms with Crippen LogP contribution < -0.4 is 14.8 Å². The summed E-state index contributed by atoms with van der Waals surface area (Å²) in [6.07, 6.45) is -4.50. The Labute approximate surface area is 180 Å². The summed E-state index contributed by atoms with van der Waals surface area (Å²) in [6.45, 7) is 2.15. The van der Waals surface area contributed by atoms with Crippen molar-refractivity contribution in [2.45, 2.75) is 26.6 Å². The molecule has 0 aliphatic carbocycles. The number of nitrogens with one attached hydrogen (secondary N) is 1. The van der Waals surface area contributed by atoms with Gasteiger partial charge in [-0.1, -0.05) is 6.07 Å². The largest absolute Gasteiger partial charge is 0.482 e. The fraction of sp³-hybridized carbons (Fsp3) is 0.350. The first-order valence-corrected chi connectivity index (χ1v) is 9.89. The zero-order valence-corrected chi connectivity index (χ0v) is 18.0. The van der Waals surface area contributed by atoms with Crippen molar-refractivity contribution in [2.75, 3.05) is 26.1 Å². The first-order chi connectivity index (χ1) is 14.6. The molecule has 2 aromatic heterocycles. The highest BCUT2D eigenvalue weighted by Gasteiger charge is 2.29. The summed E-state index contributed by atoms with van der Waals surface area (Å²) >= 11 is 1.13. The van der Waals surface area contributed by atoms with Crippen molar-refractivity contribution in [2.24, 2.45) is 0 Å². The molecule has 0 saturated carbocycles. The van der Waals surface area contributed by atoms with Crippen LogP contribution in [0.15, 0.2) is 18.2 Å². The summed E-state index contributed by atoms with van der Waals surface area (Å²) in [7, 11) is 2.98. The molecule has 1 aromatic carbocycles. The minimum absolute atomic E-state index is 0.0656. The van der Waals surface area contributed by atoms with Crippen LogP contribution in [-0.2, 0) is 11.3 Å². The molecule has 0 bridgehead atoms. The number of carbonyl (C=O) groups is 1. The third-order valence-corrected chi connectivity index (χ3v) is 5.44. The van der Waals surface area contributed by atoms with Crippen LogP contribution in [0.1, 0.15) is 26.6 Å². The van der Waals surface area contributed by atoms with E-state index in [0.29, 0.717) is 37.9 Å². The molecule has 0 unspecified atom stereocenters. The SMILES string of the molecule is COCc1nc(OC)c2c(C)c(C(=O)Nc3ccc(C)cc3OCC(F)(F)F)sc2n1. The number of carbonyl (C=O) groups excluding carboxylic acids is 1. The minimum atomic E-state index is -4.50. The maximum atomic E-state index is 13.0. The Morgan fingerprint density at radius 2 is 1.94 bits per heavy atom. The number of halogens is 3. The van der Waals surface area contributed by atoms with E-state index < -0.39 is 18.7 Å². The predicted molar refractivity (Wildman–Crippen MR) is 110 cm³/mol. The minimum Gasteiger partial charge on any atom is -0.482 e. The third kappa shape index (κ3) is 5.23. The second-order valence-electron chi connectivity index (χ2n) is 6.68. The van der Waals surface area contributed by atoms with Crippen LogP contribution in [0.2, 0.25) is 0 Å². The number of methoxy groups -OCH3 is 2. The van der Waals surface area contributed by atoms with Crippen molar-refractivity contribution in [3.8, 4) is 11.6 Å². The zero-order valence-electron chi connectivity index (χ0n) is 17.2. The van der Waals surface area contributed by atoms with E-state index >= 15 is 0 Å². The molecular formula is C20H20F3N3O4S. The number of hydrogen-bond donors (Lipinski definition) is 1. The van der Waals surface area contributed by atoms with Gasteiger partial charge in [-0.15, -0.1) is 11.3 Å². The molecule has 0 aliphatic rings. The number of thiophene rings is 1. The van der Waals surface area contributed by atoms with Crippen molar-refractivity contribution in [3.63, 3.8) is 0 Å². The van der Waals surface area contributed by atoms with Crippen LogP contribution in [0.3, 0.4) is 0 Å². The highest BCUT2D eigenvalue weighted by atomic mass is 32.1. The van der Waals surface area contributed by atoms with Gasteiger partial charge in [0.15, 0.2) is 12.4 Å². The monoisotopic (exact) mass is 455 g/mol. The van der Waals surface area contributed by atoms with Crippen LogP contribution in [0, 0.1) is 13.8 Å². The maximum absolute atomic E-state index is 13.0. The number of aryl methyl sites for hydroxylation is 2. The van der Waals surface area contributed by atoms with Crippen molar-refractivity contribution in [1.29, 1.82) is 0 Å². The van der Waals surface area contributed by atoms with Gasteiger partial charge in [-0.2, -0.15) is 18.2 Å². The van der Waals surface area contributed by atoms with E-state index in [1.807, 2.05) is 0 Å². The molecule has 0 radical (unpaired) electrons. The van der Waals surface area contributed by atoms with Gasteiger partial charge in [-0.25, -0.2) is 4.98 Å². The fourth-order valence-electron chi connectivity index (χ4n) is 2.89. The van der Waals surface area contributed by atoms with Crippen LogP contribution in [0.25, 0.3) is 10.2 Å². The second-order valence-corrected chi connectivity index (χ2v) is 7.68. The lowest BCUT2D eigenvalue weighted by Gasteiger charge is -2.14. The van der Waals surface area contributed by atoms with E-state index in [4.69, 9.17) is 14.2 Å². The van der Waals surface area contributed by atoms with E-state index in [9.17, 15) is 18.0 Å². The number of nitrogens with zero attached hydrogens (tertiary/aromatic N) is 2. The second kappa shape index (κ2) is 9.06. The quantitative estimate of drug-likeness (QED) is 0.558. The Bertz CT molecular complexity index is 1120. The number of ether oxygens (including phenoxy) is 3. The van der Waals surface area contributed by atoms with Crippen LogP contribution in [0.5, 0.6) is 11.6 Å². The van der Waals surface area contributed by atoms with E-state index in [2.05, 4.69) is 15.3 Å². The molecule has 0 saturated heterocycles. The summed E-state index contributed by atoms with van der Waals surface area (Å²) in [5, 5.41) is 3.23. The first kappa shape index (κ1) is 22.8. The molecule has 11 heteroatoms. The molecule has 7 nitrogen and oxygen atoms in total. The normalized spacial score (nSPS) is 11.6. The Balaban J connectivity index is 1.94. The molecule has 0 atom stereocenters. The van der Waals surface area contributed by atoms with Crippen molar-refractivity contribution in [1.82, 2.24) is 9.97 Å². The van der Waals surface area contributed by atoms with Gasteiger partial charge in [0.1, 0.15) is 17.2 Å². The lowest BCUT2D eigenvalue weighted by atomic mass is 10.2. The van der Waals surface area contributed by atoms with Gasteiger partial charge in [0, 0.05) is 7.11 Å². The smallest absolute Gasteiger partial charge is 0.422 e. The maximum Gasteiger partial charge on any atom is 0.422 e. The molecule has 0 fully saturated rings. The number of benzene rings is 1. The average molecular weight is 455 g/mol. The summed E-state index contributed by atoms with van der Waals surface area (Å²) in [6, 6.07) is 4.60. The number of anilines is 1. The number of amides is 1. The van der Waals surface area contributed by atoms with Gasteiger partial charge in [0.2, 0.25) is 5.88 Å². The number of rotatable bonds is 7. The van der Waals surface area contributed by atoms with Crippen molar-refractivity contribution >= 4 is 33.1 Å². The van der Waals surface area contributed by atoms with Crippen molar-refractivity contribution < 1.29 is 32.2 Å². The third-order valence-electron chi connectivity index (χ3n) is 4.25. The topological polar surface area (TPSA) is 82.6 Å². The lowest BCUT2D eigenvalue weighted by molar-refractivity contribution is -0.153. The van der Waals surface area contributed by atoms with Gasteiger partial charge >= 0.3 is 6.18 Å². The van der Waals surface area contributed by atoms with Crippen molar-refractivity contribution in [3.05, 3.63) is 40.0 Å². The van der Waals surface area contributed by atoms with E-state index in [1.165, 1.54) is 26.4 Å². The Morgan fingerprint density at radius 3 is 2.58 bits per heavy atom. The predicted octanol–water partition coefficient (Wildman–Crippen LogP) is 4.66. The van der Waals surface area contributed by atoms with E-state index in [1.54, 1.807) is 19.9 Å². The standard InChI is InChI=1S/C20H20F3N3O4S/c1-10-5-6-12(13(7-10)30-9-20(21,22)23)24-17(27)16-11(2)15-18(29-4)25-14(8-28-3)26-19(15)31-16/h5-7H,8-9H2,1-4H3,(H,24,27). The van der Waals surface area contributed by atoms with Gasteiger partial charge in [0.25, 0.3) is 5.91 Å². The summed E-state index contributed by atoms with van der Waals surface area (Å²) in [5.41, 5.74) is 1.43. The van der Waals surface area contributed by atoms with Gasteiger partial charge in [-0.3, -0.25) is 4.79 Å². The summed E-state index contributed by atoms with van der Waals surface area (Å²) in [5.74, 6) is 0.150. The summed E-state index contributed by atoms with van der Waals surface area (Å²) < 4.78 is 53.1. The highest BCUT2D eigenvalue weighted by Crippen LogP contribution is 2.36. The molecule has 166 valence electrons. The van der Waals surface area contributed by atoms with Crippen LogP contribution in [-0.4, -0.2) is 42.9 Å². The Kier molecular flexibility index (Phi) is 6.65. The summed E-state index contributed by atoms with van der Waals surface area (Å²) in [4.78, 5) is 22.5. The van der Waals surface area contributed by atoms with Gasteiger partial charge < -0.3 is 19.5 Å². The molecule has 1 N–H and O–H groups in total. The Hall–Kier alpha value is -2.92. The molecule has 0 aliphatic heterocycles. The molecular weight excluding hydrogens is 435 g/mol. The number of hydrogen-bond acceptors (Lipinski definition) is 7. The Morgan fingerprint density at radius 1 is 1.19 bits per heavy atom. The molecule has 0 spiro atoms. The fourth-order valence-corrected chi connectivity index (χ4v) is 3.98. The number of alkyl halides is 3. The molecule has 1 amide bonds. The molecule has 2 heterocycles. The zero-order chi connectivity index (χ0) is 22.8. The van der Waals surface area contributed by atoms with Crippen LogP contribution in [0.4, 0.5) is 18.9 Å². The van der Waals surface area contributed by atoms with Gasteiger partial charge in [-0.05, 0) is 37.1 Å². The van der Waals surface area contributed by atoms with E-state index in [-0.39, 0.29) is 18.0 Å². The number of fused-ring (bicyclic) bond motifs is 1. The molecule has 3 aromatic rings. The van der Waals surface area contributed by atoms with Gasteiger partial charge in [0.05, 0.1) is 23.1 Å². The number of aromatic nitrogens is 2. The lowest BCUT2D eigenvalue weighted by Crippen LogP contribution is -2.20. The first-order valence-electron chi connectivity index (χ1n) is 9.07. The molecule has 3 rings (SSSR count). The van der Waals surface area contributed by atoms with Crippen LogP contribution >= 0.6 is 11.3 Å². The average Bonchev–Trinajstić information content (AvgIpc) is 3.04. The molecule has 31 heavy (non-hydrogen) atoms. The van der Waals surface area contributed by atoms with E-state index in [0.717, 1.165) is 11.3 Å². The highest BCUT2D eigenvalue weighted by molar-refractivity contribution is 7.20.